The number of benzene rings is 2. The number of nitrogens with one attached hydrogen (secondary N) is 1. The molecule has 10 nitrogen and oxygen atoms in total. The molecule has 0 spiro atoms. The van der Waals surface area contributed by atoms with E-state index >= 15 is 0 Å². The summed E-state index contributed by atoms with van der Waals surface area (Å²) in [6.07, 6.45) is 4.51. The van der Waals surface area contributed by atoms with Crippen LogP contribution in [0.25, 0.3) is 10.8 Å². The quantitative estimate of drug-likeness (QED) is 0.340. The molecular weight excluding hydrogens is 494 g/mol. The predicted octanol–water partition coefficient (Wildman–Crippen LogP) is 2.18. The molecule has 1 amide bonds. The summed E-state index contributed by atoms with van der Waals surface area (Å²) in [6, 6.07) is 12.3. The van der Waals surface area contributed by atoms with Gasteiger partial charge in [-0.1, -0.05) is 29.8 Å². The molecule has 3 rings (SSSR count). The number of fused-ring (bicyclic) bond motifs is 1. The van der Waals surface area contributed by atoms with Crippen molar-refractivity contribution in [1.82, 2.24) is 4.98 Å². The molecule has 0 unspecified atom stereocenters. The number of aromatic nitrogens is 1. The molecule has 0 aliphatic rings. The molecule has 0 aliphatic heterocycles. The van der Waals surface area contributed by atoms with Gasteiger partial charge in [0, 0.05) is 28.5 Å². The summed E-state index contributed by atoms with van der Waals surface area (Å²) in [6.45, 7) is 0. The number of pyridine rings is 1. The van der Waals surface area contributed by atoms with Crippen molar-refractivity contribution in [2.45, 2.75) is 11.8 Å². The summed E-state index contributed by atoms with van der Waals surface area (Å²) in [7, 11) is -8.76. The monoisotopic (exact) mass is 513 g/mol. The number of hydrogen-bond acceptors (Lipinski definition) is 9. The molecule has 3 N–H and O–H groups in total. The zero-order valence-corrected chi connectivity index (χ0v) is 19.8. The van der Waals surface area contributed by atoms with Crippen LogP contribution in [0.3, 0.4) is 0 Å². The minimum Gasteiger partial charge on any atom is -0.325 e. The van der Waals surface area contributed by atoms with Gasteiger partial charge in [-0.25, -0.2) is 8.37 Å². The number of hydrogen-bond donors (Lipinski definition) is 2. The Bertz CT molecular complexity index is 1360. The highest BCUT2D eigenvalue weighted by Gasteiger charge is 2.49. The van der Waals surface area contributed by atoms with E-state index < -0.39 is 38.0 Å². The third kappa shape index (κ3) is 6.69. The number of rotatable bonds is 8. The van der Waals surface area contributed by atoms with Gasteiger partial charge < -0.3 is 5.32 Å². The van der Waals surface area contributed by atoms with Crippen molar-refractivity contribution in [1.29, 1.82) is 0 Å². The van der Waals surface area contributed by atoms with E-state index in [-0.39, 0.29) is 5.56 Å². The highest BCUT2D eigenvalue weighted by atomic mass is 35.5. The van der Waals surface area contributed by atoms with Gasteiger partial charge in [-0.3, -0.25) is 15.5 Å². The van der Waals surface area contributed by atoms with E-state index in [0.29, 0.717) is 23.2 Å². The van der Waals surface area contributed by atoms with Crippen molar-refractivity contribution in [2.75, 3.05) is 17.8 Å². The minimum absolute atomic E-state index is 0.0942. The molecule has 0 radical (unpaired) electrons. The van der Waals surface area contributed by atoms with Crippen LogP contribution in [0.15, 0.2) is 60.9 Å². The van der Waals surface area contributed by atoms with Crippen LogP contribution in [0, 0.1) is 0 Å². The van der Waals surface area contributed by atoms with Gasteiger partial charge in [-0.2, -0.15) is 16.8 Å². The van der Waals surface area contributed by atoms with Gasteiger partial charge in [0.05, 0.1) is 12.5 Å². The predicted molar refractivity (Wildman–Crippen MR) is 123 cm³/mol. The lowest BCUT2D eigenvalue weighted by molar-refractivity contribution is -0.144. The number of nitrogens with two attached hydrogens (primary N) is 1. The molecule has 1 aromatic heterocycles. The fourth-order valence-electron chi connectivity index (χ4n) is 3.18. The van der Waals surface area contributed by atoms with Crippen LogP contribution in [0.5, 0.6) is 0 Å². The lowest BCUT2D eigenvalue weighted by atomic mass is 9.94. The second-order valence-electron chi connectivity index (χ2n) is 7.21. The first-order valence-electron chi connectivity index (χ1n) is 9.26. The van der Waals surface area contributed by atoms with Crippen molar-refractivity contribution in [2.24, 2.45) is 5.73 Å². The Labute approximate surface area is 195 Å². The number of carbonyl (C=O) groups excluding carboxylic acids is 1. The van der Waals surface area contributed by atoms with Crippen LogP contribution >= 0.6 is 11.6 Å². The normalized spacial score (nSPS) is 13.6. The van der Waals surface area contributed by atoms with E-state index in [9.17, 15) is 21.6 Å². The summed E-state index contributed by atoms with van der Waals surface area (Å²) >= 11 is 5.92. The van der Waals surface area contributed by atoms with E-state index in [4.69, 9.17) is 25.7 Å². The molecule has 33 heavy (non-hydrogen) atoms. The Balaban J connectivity index is 2.10. The highest BCUT2D eigenvalue weighted by Crippen LogP contribution is 2.34. The zero-order chi connectivity index (χ0) is 24.4. The van der Waals surface area contributed by atoms with Crippen LogP contribution < -0.4 is 11.1 Å². The van der Waals surface area contributed by atoms with Crippen LogP contribution in [0.1, 0.15) is 11.5 Å². The first-order valence-corrected chi connectivity index (χ1v) is 13.3. The maximum absolute atomic E-state index is 13.4. The summed E-state index contributed by atoms with van der Waals surface area (Å²) in [5.41, 5.74) is 6.45. The summed E-state index contributed by atoms with van der Waals surface area (Å²) in [4.78, 5) is 17.4. The Morgan fingerprint density at radius 2 is 1.61 bits per heavy atom. The largest absolute Gasteiger partial charge is 0.325 e. The van der Waals surface area contributed by atoms with Crippen LogP contribution in [0.4, 0.5) is 5.69 Å². The Hall–Kier alpha value is -2.61. The second-order valence-corrected chi connectivity index (χ2v) is 10.8. The van der Waals surface area contributed by atoms with Crippen molar-refractivity contribution in [3.63, 3.8) is 0 Å². The summed E-state index contributed by atoms with van der Waals surface area (Å²) < 4.78 is 57.3. The number of halogens is 1. The Kier molecular flexibility index (Phi) is 7.07. The van der Waals surface area contributed by atoms with Crippen molar-refractivity contribution in [3.8, 4) is 0 Å². The van der Waals surface area contributed by atoms with E-state index in [2.05, 4.69) is 10.3 Å². The second kappa shape index (κ2) is 9.33. The third-order valence-corrected chi connectivity index (χ3v) is 5.72. The van der Waals surface area contributed by atoms with Crippen molar-refractivity contribution >= 4 is 54.2 Å². The zero-order valence-electron chi connectivity index (χ0n) is 17.4. The maximum atomic E-state index is 13.4. The standard InChI is InChI=1S/C20H20ClN3O7S2/c1-32(26,27)30-20(22,31-33(2,28)29)18(13-3-6-16(21)7-4-13)19(25)24-17-8-5-15-12-23-10-9-14(15)11-17/h3-12,18H,22H2,1-2H3,(H,24,25)/t18-/m0/s1. The molecule has 0 aliphatic carbocycles. The molecule has 0 saturated heterocycles. The fraction of sp³-hybridized carbons (Fsp3) is 0.200. The molecule has 0 fully saturated rings. The van der Waals surface area contributed by atoms with Gasteiger partial charge in [0.1, 0.15) is 5.92 Å². The highest BCUT2D eigenvalue weighted by molar-refractivity contribution is 7.86. The molecule has 176 valence electrons. The molecule has 13 heteroatoms. The molecule has 0 saturated carbocycles. The SMILES string of the molecule is CS(=O)(=O)OC(N)(OS(C)(=O)=O)[C@H](C(=O)Nc1ccc2cnccc2c1)c1ccc(Cl)cc1. The van der Waals surface area contributed by atoms with Gasteiger partial charge in [-0.05, 0) is 41.3 Å². The molecule has 2 aromatic carbocycles. The van der Waals surface area contributed by atoms with Crippen molar-refractivity contribution in [3.05, 3.63) is 71.5 Å². The summed E-state index contributed by atoms with van der Waals surface area (Å²) in [5, 5.41) is 4.51. The smallest absolute Gasteiger partial charge is 0.273 e. The average Bonchev–Trinajstić information content (AvgIpc) is 2.66. The number of nitrogens with zero attached hydrogens (tertiary/aromatic N) is 1. The first kappa shape index (κ1) is 25.0. The van der Waals surface area contributed by atoms with Gasteiger partial charge in [0.25, 0.3) is 26.1 Å². The average molecular weight is 514 g/mol. The van der Waals surface area contributed by atoms with E-state index in [1.165, 1.54) is 24.3 Å². The van der Waals surface area contributed by atoms with E-state index in [0.717, 1.165) is 10.8 Å². The molecule has 1 atom stereocenters. The molecule has 0 bridgehead atoms. The minimum atomic E-state index is -4.38. The maximum Gasteiger partial charge on any atom is 0.273 e. The van der Waals surface area contributed by atoms with Gasteiger partial charge in [0.15, 0.2) is 0 Å². The van der Waals surface area contributed by atoms with Gasteiger partial charge in [-0.15, -0.1) is 0 Å². The van der Waals surface area contributed by atoms with Crippen LogP contribution in [-0.4, -0.2) is 46.1 Å². The van der Waals surface area contributed by atoms with Gasteiger partial charge >= 0.3 is 0 Å². The number of anilines is 1. The first-order chi connectivity index (χ1) is 15.3. The fourth-order valence-corrected chi connectivity index (χ4v) is 4.56. The summed E-state index contributed by atoms with van der Waals surface area (Å²) in [5.74, 6) is -5.56. The van der Waals surface area contributed by atoms with E-state index in [1.807, 2.05) is 0 Å². The Morgan fingerprint density at radius 3 is 2.18 bits per heavy atom. The van der Waals surface area contributed by atoms with Crippen LogP contribution in [0.2, 0.25) is 5.02 Å². The molecule has 1 heterocycles. The van der Waals surface area contributed by atoms with Crippen LogP contribution in [-0.2, 0) is 33.4 Å². The Morgan fingerprint density at radius 1 is 1.00 bits per heavy atom. The number of amides is 1. The van der Waals surface area contributed by atoms with E-state index in [1.54, 1.807) is 36.7 Å². The lowest BCUT2D eigenvalue weighted by Crippen LogP contribution is -2.56. The molecular formula is C20H20ClN3O7S2. The van der Waals surface area contributed by atoms with Crippen molar-refractivity contribution < 1.29 is 30.0 Å². The lowest BCUT2D eigenvalue weighted by Gasteiger charge is -2.33. The molecule has 3 aromatic rings. The van der Waals surface area contributed by atoms with Gasteiger partial charge in [0.2, 0.25) is 5.91 Å². The topological polar surface area (TPSA) is 155 Å². The third-order valence-electron chi connectivity index (χ3n) is 4.34. The number of carbonyl (C=O) groups is 1.